The number of carboxylic acids is 1. The van der Waals surface area contributed by atoms with Crippen molar-refractivity contribution in [1.29, 1.82) is 0 Å². The molecule has 1 aromatic rings. The summed E-state index contributed by atoms with van der Waals surface area (Å²) in [4.78, 5) is 21.5. The first-order chi connectivity index (χ1) is 8.53. The van der Waals surface area contributed by atoms with Gasteiger partial charge in [-0.25, -0.2) is 0 Å². The molecule has 0 saturated carbocycles. The largest absolute Gasteiger partial charge is 0.493 e. The summed E-state index contributed by atoms with van der Waals surface area (Å²) >= 11 is 0. The Hall–Kier alpha value is -2.08. The Morgan fingerprint density at radius 3 is 2.56 bits per heavy atom. The van der Waals surface area contributed by atoms with E-state index in [4.69, 9.17) is 20.3 Å². The van der Waals surface area contributed by atoms with Crippen LogP contribution in [-0.2, 0) is 11.2 Å². The van der Waals surface area contributed by atoms with E-state index >= 15 is 0 Å². The Morgan fingerprint density at radius 1 is 1.44 bits per heavy atom. The molecule has 0 spiro atoms. The third-order valence-corrected chi connectivity index (χ3v) is 2.47. The van der Waals surface area contributed by atoms with Gasteiger partial charge in [0.1, 0.15) is 12.3 Å². The van der Waals surface area contributed by atoms with Crippen LogP contribution in [0.15, 0.2) is 12.1 Å². The number of rotatable bonds is 6. The van der Waals surface area contributed by atoms with Crippen LogP contribution in [0, 0.1) is 0 Å². The van der Waals surface area contributed by atoms with Crippen LogP contribution >= 0.6 is 0 Å². The van der Waals surface area contributed by atoms with Crippen molar-refractivity contribution < 1.29 is 24.2 Å². The lowest BCUT2D eigenvalue weighted by Gasteiger charge is -2.15. The van der Waals surface area contributed by atoms with Crippen LogP contribution in [0.5, 0.6) is 11.5 Å². The molecule has 18 heavy (non-hydrogen) atoms. The average molecular weight is 253 g/mol. The lowest BCUT2D eigenvalue weighted by Crippen LogP contribution is -2.32. The average Bonchev–Trinajstić information content (AvgIpc) is 2.37. The van der Waals surface area contributed by atoms with Gasteiger partial charge in [0.2, 0.25) is 0 Å². The number of methoxy groups -OCH3 is 2. The molecule has 0 aliphatic carbocycles. The van der Waals surface area contributed by atoms with Crippen LogP contribution in [0.3, 0.4) is 0 Å². The monoisotopic (exact) mass is 253 g/mol. The minimum atomic E-state index is -1.12. The van der Waals surface area contributed by atoms with Gasteiger partial charge in [0, 0.05) is 17.5 Å². The van der Waals surface area contributed by atoms with Gasteiger partial charge in [0.05, 0.1) is 14.2 Å². The molecule has 1 unspecified atom stereocenters. The molecule has 0 radical (unpaired) electrons. The maximum absolute atomic E-state index is 10.8. The van der Waals surface area contributed by atoms with Crippen molar-refractivity contribution in [3.63, 3.8) is 0 Å². The van der Waals surface area contributed by atoms with E-state index in [-0.39, 0.29) is 6.42 Å². The number of hydrogen-bond donors (Lipinski definition) is 2. The second kappa shape index (κ2) is 6.02. The van der Waals surface area contributed by atoms with E-state index in [0.717, 1.165) is 0 Å². The Kier molecular flexibility index (Phi) is 4.67. The maximum atomic E-state index is 10.8. The second-order valence-electron chi connectivity index (χ2n) is 3.68. The molecular formula is C12H15NO5. The van der Waals surface area contributed by atoms with Crippen molar-refractivity contribution >= 4 is 12.3 Å². The molecule has 0 fully saturated rings. The smallest absolute Gasteiger partial charge is 0.320 e. The number of hydrogen-bond acceptors (Lipinski definition) is 5. The summed E-state index contributed by atoms with van der Waals surface area (Å²) in [5.41, 5.74) is 6.37. The van der Waals surface area contributed by atoms with Crippen molar-refractivity contribution in [2.24, 2.45) is 5.73 Å². The van der Waals surface area contributed by atoms with Crippen LogP contribution in [-0.4, -0.2) is 37.6 Å². The predicted molar refractivity (Wildman–Crippen MR) is 64.2 cm³/mol. The van der Waals surface area contributed by atoms with Gasteiger partial charge in [0.15, 0.2) is 11.5 Å². The van der Waals surface area contributed by atoms with Crippen molar-refractivity contribution in [2.75, 3.05) is 14.2 Å². The molecule has 0 amide bonds. The molecule has 6 nitrogen and oxygen atoms in total. The van der Waals surface area contributed by atoms with Crippen molar-refractivity contribution in [1.82, 2.24) is 0 Å². The highest BCUT2D eigenvalue weighted by atomic mass is 16.5. The van der Waals surface area contributed by atoms with Gasteiger partial charge in [-0.3, -0.25) is 9.59 Å². The van der Waals surface area contributed by atoms with Gasteiger partial charge in [-0.2, -0.15) is 0 Å². The SMILES string of the molecule is COc1cc(C=O)cc(CC(N)C(=O)O)c1OC. The van der Waals surface area contributed by atoms with Crippen molar-refractivity contribution in [3.05, 3.63) is 23.3 Å². The number of carbonyl (C=O) groups is 2. The fourth-order valence-electron chi connectivity index (χ4n) is 1.61. The highest BCUT2D eigenvalue weighted by Crippen LogP contribution is 2.32. The van der Waals surface area contributed by atoms with E-state index in [9.17, 15) is 9.59 Å². The van der Waals surface area contributed by atoms with Crippen LogP contribution in [0.2, 0.25) is 0 Å². The molecule has 0 aliphatic rings. The summed E-state index contributed by atoms with van der Waals surface area (Å²) in [7, 11) is 2.88. The van der Waals surface area contributed by atoms with Gasteiger partial charge >= 0.3 is 5.97 Å². The lowest BCUT2D eigenvalue weighted by molar-refractivity contribution is -0.138. The van der Waals surface area contributed by atoms with Gasteiger partial charge in [-0.1, -0.05) is 0 Å². The lowest BCUT2D eigenvalue weighted by atomic mass is 10.0. The minimum Gasteiger partial charge on any atom is -0.493 e. The Morgan fingerprint density at radius 2 is 2.11 bits per heavy atom. The molecule has 0 bridgehead atoms. The van der Waals surface area contributed by atoms with Crippen LogP contribution < -0.4 is 15.2 Å². The number of benzene rings is 1. The van der Waals surface area contributed by atoms with Crippen LogP contribution in [0.4, 0.5) is 0 Å². The summed E-state index contributed by atoms with van der Waals surface area (Å²) in [6, 6.07) is 1.99. The summed E-state index contributed by atoms with van der Waals surface area (Å²) < 4.78 is 10.2. The molecule has 0 aliphatic heterocycles. The Balaban J connectivity index is 3.22. The highest BCUT2D eigenvalue weighted by molar-refractivity contribution is 5.78. The highest BCUT2D eigenvalue weighted by Gasteiger charge is 2.18. The van der Waals surface area contributed by atoms with E-state index in [1.54, 1.807) is 0 Å². The fraction of sp³-hybridized carbons (Fsp3) is 0.333. The topological polar surface area (TPSA) is 98.9 Å². The molecule has 0 heterocycles. The minimum absolute atomic E-state index is 0.0521. The zero-order chi connectivity index (χ0) is 13.7. The van der Waals surface area contributed by atoms with Gasteiger partial charge < -0.3 is 20.3 Å². The third-order valence-electron chi connectivity index (χ3n) is 2.47. The molecule has 6 heteroatoms. The van der Waals surface area contributed by atoms with E-state index < -0.39 is 12.0 Å². The first-order valence-corrected chi connectivity index (χ1v) is 5.22. The number of aliphatic carboxylic acids is 1. The zero-order valence-electron chi connectivity index (χ0n) is 10.2. The fourth-order valence-corrected chi connectivity index (χ4v) is 1.61. The van der Waals surface area contributed by atoms with Crippen LogP contribution in [0.25, 0.3) is 0 Å². The maximum Gasteiger partial charge on any atom is 0.320 e. The zero-order valence-corrected chi connectivity index (χ0v) is 10.2. The van der Waals surface area contributed by atoms with Gasteiger partial charge in [-0.15, -0.1) is 0 Å². The quantitative estimate of drug-likeness (QED) is 0.715. The van der Waals surface area contributed by atoms with Crippen molar-refractivity contribution in [3.8, 4) is 11.5 Å². The molecule has 0 saturated heterocycles. The number of nitrogens with two attached hydrogens (primary N) is 1. The van der Waals surface area contributed by atoms with E-state index in [1.165, 1.54) is 26.4 Å². The molecule has 1 atom stereocenters. The Bertz CT molecular complexity index is 458. The van der Waals surface area contributed by atoms with Crippen molar-refractivity contribution in [2.45, 2.75) is 12.5 Å². The number of aldehydes is 1. The normalized spacial score (nSPS) is 11.7. The molecule has 98 valence electrons. The van der Waals surface area contributed by atoms with Crippen LogP contribution in [0.1, 0.15) is 15.9 Å². The molecule has 1 aromatic carbocycles. The molecule has 3 N–H and O–H groups in total. The number of ether oxygens (including phenoxy) is 2. The standard InChI is InChI=1S/C12H15NO5/c1-17-10-4-7(6-14)3-8(11(10)18-2)5-9(13)12(15)16/h3-4,6,9H,5,13H2,1-2H3,(H,15,16). The third kappa shape index (κ3) is 2.98. The van der Waals surface area contributed by atoms with E-state index in [2.05, 4.69) is 0 Å². The summed E-state index contributed by atoms with van der Waals surface area (Å²) in [5.74, 6) is -0.359. The first kappa shape index (κ1) is 14.0. The molecule has 0 aromatic heterocycles. The predicted octanol–water partition coefficient (Wildman–Crippen LogP) is 0.471. The molecular weight excluding hydrogens is 238 g/mol. The summed E-state index contributed by atoms with van der Waals surface area (Å²) in [6.45, 7) is 0. The Labute approximate surface area is 104 Å². The molecule has 1 rings (SSSR count). The first-order valence-electron chi connectivity index (χ1n) is 5.22. The number of carboxylic acid groups (broad SMARTS) is 1. The van der Waals surface area contributed by atoms with E-state index in [1.807, 2.05) is 0 Å². The van der Waals surface area contributed by atoms with Gasteiger partial charge in [-0.05, 0) is 12.1 Å². The van der Waals surface area contributed by atoms with E-state index in [0.29, 0.717) is 28.9 Å². The van der Waals surface area contributed by atoms with Gasteiger partial charge in [0.25, 0.3) is 0 Å². The second-order valence-corrected chi connectivity index (χ2v) is 3.68. The summed E-state index contributed by atoms with van der Waals surface area (Å²) in [5, 5.41) is 8.79. The summed E-state index contributed by atoms with van der Waals surface area (Å²) in [6.07, 6.45) is 0.703. The number of carbonyl (C=O) groups excluding carboxylic acids is 1.